The molecule has 5 heteroatoms. The van der Waals surface area contributed by atoms with Crippen molar-refractivity contribution >= 4 is 28.0 Å². The lowest BCUT2D eigenvalue weighted by atomic mass is 9.90. The van der Waals surface area contributed by atoms with Gasteiger partial charge in [-0.05, 0) is 75.0 Å². The second-order valence-electron chi connectivity index (χ2n) is 9.81. The average Bonchev–Trinajstić information content (AvgIpc) is 2.91. The minimum absolute atomic E-state index is 0.723. The Hall–Kier alpha value is -3.70. The van der Waals surface area contributed by atoms with Gasteiger partial charge < -0.3 is 15.4 Å². The lowest BCUT2D eigenvalue weighted by Gasteiger charge is -2.32. The van der Waals surface area contributed by atoms with E-state index in [1.54, 1.807) is 0 Å². The second kappa shape index (κ2) is 11.4. The Labute approximate surface area is 213 Å². The number of nitrogens with zero attached hydrogens (tertiary/aromatic N) is 3. The molecule has 1 aliphatic heterocycles. The molecule has 0 amide bonds. The number of likely N-dealkylation sites (tertiary alicyclic amines) is 1. The highest BCUT2D eigenvalue weighted by molar-refractivity contribution is 6.01. The fourth-order valence-electron chi connectivity index (χ4n) is 5.22. The van der Waals surface area contributed by atoms with Gasteiger partial charge in [0, 0.05) is 41.0 Å². The Morgan fingerprint density at radius 2 is 1.75 bits per heavy atom. The number of rotatable bonds is 8. The number of pyridine rings is 1. The third-order valence-electron chi connectivity index (χ3n) is 7.18. The third kappa shape index (κ3) is 5.92. The van der Waals surface area contributed by atoms with Gasteiger partial charge in [-0.2, -0.15) is 0 Å². The van der Waals surface area contributed by atoms with Crippen molar-refractivity contribution in [3.63, 3.8) is 0 Å². The summed E-state index contributed by atoms with van der Waals surface area (Å²) >= 11 is 0. The summed E-state index contributed by atoms with van der Waals surface area (Å²) in [5.41, 5.74) is 7.03. The molecule has 3 aromatic carbocycles. The number of oxime groups is 1. The number of benzene rings is 3. The van der Waals surface area contributed by atoms with Gasteiger partial charge in [0.05, 0.1) is 11.2 Å². The number of nitrogens with one attached hydrogen (secondary N) is 1. The van der Waals surface area contributed by atoms with Crippen LogP contribution in [0.2, 0.25) is 0 Å². The summed E-state index contributed by atoms with van der Waals surface area (Å²) in [5, 5.41) is 18.1. The summed E-state index contributed by atoms with van der Waals surface area (Å²) < 4.78 is 0. The first-order valence-corrected chi connectivity index (χ1v) is 12.9. The average molecular weight is 479 g/mol. The molecule has 1 saturated heterocycles. The maximum Gasteiger partial charge on any atom is 0.0881 e. The molecule has 4 aromatic rings. The standard InChI is InChI=1S/C31H34N4O/c1-23-20-31(28-12-5-6-13-30(28)32-23)33-27-11-7-10-26(22-27)29(34-36)16-19-35-17-14-25(15-18-35)21-24-8-3-2-4-9-24/h2-13,20,22,25,36H,14-19,21H2,1H3,(H,32,33)/b34-29-. The minimum atomic E-state index is 0.723. The zero-order valence-corrected chi connectivity index (χ0v) is 20.9. The Kier molecular flexibility index (Phi) is 7.58. The smallest absolute Gasteiger partial charge is 0.0881 e. The number of anilines is 2. The van der Waals surface area contributed by atoms with E-state index in [1.807, 2.05) is 43.3 Å². The van der Waals surface area contributed by atoms with E-state index in [1.165, 1.54) is 24.8 Å². The monoisotopic (exact) mass is 478 g/mol. The molecule has 2 heterocycles. The maximum atomic E-state index is 9.81. The maximum absolute atomic E-state index is 9.81. The summed E-state index contributed by atoms with van der Waals surface area (Å²) in [6.45, 7) is 5.12. The van der Waals surface area contributed by atoms with Gasteiger partial charge in [0.15, 0.2) is 0 Å². The molecule has 0 saturated carbocycles. The normalized spacial score (nSPS) is 15.3. The molecular weight excluding hydrogens is 444 g/mol. The van der Waals surface area contributed by atoms with Crippen molar-refractivity contribution in [3.8, 4) is 0 Å². The van der Waals surface area contributed by atoms with Crippen LogP contribution in [0.4, 0.5) is 11.4 Å². The third-order valence-corrected chi connectivity index (χ3v) is 7.18. The van der Waals surface area contributed by atoms with E-state index in [-0.39, 0.29) is 0 Å². The first kappa shape index (κ1) is 24.0. The van der Waals surface area contributed by atoms with Gasteiger partial charge in [0.1, 0.15) is 0 Å². The van der Waals surface area contributed by atoms with Crippen LogP contribution in [0, 0.1) is 12.8 Å². The molecule has 1 aliphatic rings. The van der Waals surface area contributed by atoms with Gasteiger partial charge in [-0.1, -0.05) is 65.8 Å². The summed E-state index contributed by atoms with van der Waals surface area (Å²) in [7, 11) is 0. The molecule has 1 aromatic heterocycles. The highest BCUT2D eigenvalue weighted by Gasteiger charge is 2.20. The first-order chi connectivity index (χ1) is 17.7. The molecular formula is C31H34N4O. The first-order valence-electron chi connectivity index (χ1n) is 12.9. The predicted octanol–water partition coefficient (Wildman–Crippen LogP) is 6.81. The number of hydrogen-bond acceptors (Lipinski definition) is 5. The van der Waals surface area contributed by atoms with E-state index >= 15 is 0 Å². The van der Waals surface area contributed by atoms with Gasteiger partial charge in [0.25, 0.3) is 0 Å². The Balaban J connectivity index is 1.19. The van der Waals surface area contributed by atoms with E-state index in [0.29, 0.717) is 0 Å². The molecule has 0 spiro atoms. The number of fused-ring (bicyclic) bond motifs is 1. The number of aryl methyl sites for hydroxylation is 1. The molecule has 2 N–H and O–H groups in total. The fourth-order valence-corrected chi connectivity index (χ4v) is 5.22. The Morgan fingerprint density at radius 3 is 2.56 bits per heavy atom. The zero-order chi connectivity index (χ0) is 24.7. The van der Waals surface area contributed by atoms with E-state index in [4.69, 9.17) is 0 Å². The van der Waals surface area contributed by atoms with Crippen molar-refractivity contribution in [3.05, 3.63) is 102 Å². The van der Waals surface area contributed by atoms with Crippen LogP contribution < -0.4 is 5.32 Å². The van der Waals surface area contributed by atoms with Crippen molar-refractivity contribution in [1.29, 1.82) is 0 Å². The van der Waals surface area contributed by atoms with Gasteiger partial charge in [-0.25, -0.2) is 0 Å². The predicted molar refractivity (Wildman–Crippen MR) is 148 cm³/mol. The van der Waals surface area contributed by atoms with E-state index in [0.717, 1.165) is 71.2 Å². The zero-order valence-electron chi connectivity index (χ0n) is 20.9. The highest BCUT2D eigenvalue weighted by atomic mass is 16.4. The lowest BCUT2D eigenvalue weighted by Crippen LogP contribution is -2.35. The molecule has 0 bridgehead atoms. The van der Waals surface area contributed by atoms with Crippen molar-refractivity contribution < 1.29 is 5.21 Å². The van der Waals surface area contributed by atoms with E-state index in [2.05, 4.69) is 68.9 Å². The van der Waals surface area contributed by atoms with Gasteiger partial charge >= 0.3 is 0 Å². The number of para-hydroxylation sites is 1. The SMILES string of the molecule is Cc1cc(Nc2cccc(/C(CCN3CCC(Cc4ccccc4)CC3)=N\O)c2)c2ccccc2n1. The Bertz CT molecular complexity index is 1330. The second-order valence-corrected chi connectivity index (χ2v) is 9.81. The van der Waals surface area contributed by atoms with Crippen molar-refractivity contribution in [2.24, 2.45) is 11.1 Å². The lowest BCUT2D eigenvalue weighted by molar-refractivity contribution is 0.188. The molecule has 36 heavy (non-hydrogen) atoms. The topological polar surface area (TPSA) is 60.8 Å². The van der Waals surface area contributed by atoms with Crippen LogP contribution >= 0.6 is 0 Å². The van der Waals surface area contributed by atoms with Gasteiger partial charge in [0.2, 0.25) is 0 Å². The van der Waals surface area contributed by atoms with Crippen LogP contribution in [0.25, 0.3) is 10.9 Å². The molecule has 0 unspecified atom stereocenters. The van der Waals surface area contributed by atoms with Gasteiger partial charge in [-0.15, -0.1) is 0 Å². The molecule has 0 radical (unpaired) electrons. The molecule has 5 nitrogen and oxygen atoms in total. The molecule has 5 rings (SSSR count). The summed E-state index contributed by atoms with van der Waals surface area (Å²) in [5.74, 6) is 0.755. The molecule has 0 atom stereocenters. The van der Waals surface area contributed by atoms with Crippen molar-refractivity contribution in [1.82, 2.24) is 9.88 Å². The van der Waals surface area contributed by atoms with Crippen LogP contribution in [-0.2, 0) is 6.42 Å². The summed E-state index contributed by atoms with van der Waals surface area (Å²) in [6.07, 6.45) is 4.34. The number of piperidine rings is 1. The van der Waals surface area contributed by atoms with Crippen LogP contribution in [0.5, 0.6) is 0 Å². The van der Waals surface area contributed by atoms with Crippen LogP contribution in [0.15, 0.2) is 90.1 Å². The van der Waals surface area contributed by atoms with Gasteiger partial charge in [-0.3, -0.25) is 4.98 Å². The largest absolute Gasteiger partial charge is 0.411 e. The van der Waals surface area contributed by atoms with Crippen molar-refractivity contribution in [2.45, 2.75) is 32.6 Å². The Morgan fingerprint density at radius 1 is 0.972 bits per heavy atom. The van der Waals surface area contributed by atoms with Crippen LogP contribution in [0.1, 0.15) is 36.1 Å². The van der Waals surface area contributed by atoms with Crippen LogP contribution in [-0.4, -0.2) is 40.4 Å². The highest BCUT2D eigenvalue weighted by Crippen LogP contribution is 2.27. The summed E-state index contributed by atoms with van der Waals surface area (Å²) in [4.78, 5) is 7.13. The fraction of sp³-hybridized carbons (Fsp3) is 0.290. The summed E-state index contributed by atoms with van der Waals surface area (Å²) in [6, 6.07) is 29.2. The van der Waals surface area contributed by atoms with E-state index in [9.17, 15) is 5.21 Å². The quantitative estimate of drug-likeness (QED) is 0.166. The van der Waals surface area contributed by atoms with Crippen molar-refractivity contribution in [2.75, 3.05) is 25.0 Å². The molecule has 1 fully saturated rings. The molecule has 0 aliphatic carbocycles. The van der Waals surface area contributed by atoms with Crippen LogP contribution in [0.3, 0.4) is 0 Å². The van der Waals surface area contributed by atoms with E-state index < -0.39 is 0 Å². The number of hydrogen-bond donors (Lipinski definition) is 2. The number of aromatic nitrogens is 1. The molecule has 184 valence electrons. The minimum Gasteiger partial charge on any atom is -0.411 e.